The van der Waals surface area contributed by atoms with Gasteiger partial charge in [-0.25, -0.2) is 0 Å². The van der Waals surface area contributed by atoms with E-state index in [2.05, 4.69) is 0 Å². The highest BCUT2D eigenvalue weighted by atomic mass is 16.7. The first-order valence-electron chi connectivity index (χ1n) is 7.35. The molecule has 0 unspecified atom stereocenters. The lowest BCUT2D eigenvalue weighted by molar-refractivity contribution is -0.277. The lowest BCUT2D eigenvalue weighted by Crippen LogP contribution is -2.60. The zero-order chi connectivity index (χ0) is 17.9. The number of aliphatic hydroxyl groups excluding tert-OH is 4. The number of carboxylic acids is 1. The molecule has 5 atom stereocenters. The molecular weight excluding hydrogens is 324 g/mol. The molecule has 0 bridgehead atoms. The van der Waals surface area contributed by atoms with Crippen molar-refractivity contribution in [2.24, 2.45) is 0 Å². The Bertz CT molecular complexity index is 574. The van der Waals surface area contributed by atoms with Gasteiger partial charge in [-0.05, 0) is 18.1 Å². The standard InChI is InChI=1S/C15H20O9/c16-6-9-11(20)12(21)13(22)15(23-9)24-14-7(4-5-10(18)19)2-1-3-8(14)17/h1-3,9,11-13,15-17,20-22H,4-6H2,(H,18,19)/t9-,11-,12+,13-,15+/m1/s1. The molecule has 6 N–H and O–H groups in total. The van der Waals surface area contributed by atoms with E-state index in [9.17, 15) is 25.2 Å². The maximum Gasteiger partial charge on any atom is 0.303 e. The molecule has 24 heavy (non-hydrogen) atoms. The van der Waals surface area contributed by atoms with Crippen LogP contribution in [0.15, 0.2) is 18.2 Å². The van der Waals surface area contributed by atoms with E-state index in [-0.39, 0.29) is 24.3 Å². The molecular formula is C15H20O9. The van der Waals surface area contributed by atoms with Crippen molar-refractivity contribution in [2.75, 3.05) is 6.61 Å². The van der Waals surface area contributed by atoms with Gasteiger partial charge in [0.1, 0.15) is 24.4 Å². The molecule has 0 amide bonds. The van der Waals surface area contributed by atoms with E-state index in [1.165, 1.54) is 12.1 Å². The number of benzene rings is 1. The summed E-state index contributed by atoms with van der Waals surface area (Å²) >= 11 is 0. The number of carboxylic acid groups (broad SMARTS) is 1. The van der Waals surface area contributed by atoms with E-state index in [4.69, 9.17) is 19.7 Å². The van der Waals surface area contributed by atoms with Gasteiger partial charge in [0.25, 0.3) is 0 Å². The molecule has 9 heteroatoms. The van der Waals surface area contributed by atoms with Gasteiger partial charge in [-0.2, -0.15) is 0 Å². The third kappa shape index (κ3) is 3.94. The minimum atomic E-state index is -1.63. The van der Waals surface area contributed by atoms with Crippen LogP contribution in [0.25, 0.3) is 0 Å². The number of hydrogen-bond donors (Lipinski definition) is 6. The van der Waals surface area contributed by atoms with Gasteiger partial charge in [-0.3, -0.25) is 4.79 Å². The van der Waals surface area contributed by atoms with Crippen molar-refractivity contribution in [1.82, 2.24) is 0 Å². The van der Waals surface area contributed by atoms with Crippen molar-refractivity contribution in [3.8, 4) is 11.5 Å². The largest absolute Gasteiger partial charge is 0.504 e. The zero-order valence-electron chi connectivity index (χ0n) is 12.6. The van der Waals surface area contributed by atoms with Crippen LogP contribution >= 0.6 is 0 Å². The summed E-state index contributed by atoms with van der Waals surface area (Å²) in [6.07, 6.45) is -7.52. The third-order valence-corrected chi connectivity index (χ3v) is 3.77. The molecule has 1 aliphatic rings. The fourth-order valence-corrected chi connectivity index (χ4v) is 2.43. The quantitative estimate of drug-likeness (QED) is 0.365. The summed E-state index contributed by atoms with van der Waals surface area (Å²) in [5, 5.41) is 57.3. The predicted octanol–water partition coefficient (Wildman–Crippen LogP) is -1.41. The van der Waals surface area contributed by atoms with E-state index >= 15 is 0 Å². The smallest absolute Gasteiger partial charge is 0.303 e. The molecule has 0 spiro atoms. The molecule has 0 radical (unpaired) electrons. The average molecular weight is 344 g/mol. The van der Waals surface area contributed by atoms with Gasteiger partial charge in [-0.15, -0.1) is 0 Å². The van der Waals surface area contributed by atoms with Crippen molar-refractivity contribution < 1.29 is 44.9 Å². The van der Waals surface area contributed by atoms with Gasteiger partial charge < -0.3 is 40.1 Å². The minimum Gasteiger partial charge on any atom is -0.504 e. The van der Waals surface area contributed by atoms with Crippen molar-refractivity contribution in [3.63, 3.8) is 0 Å². The van der Waals surface area contributed by atoms with Crippen LogP contribution in [0, 0.1) is 0 Å². The molecule has 1 aliphatic heterocycles. The van der Waals surface area contributed by atoms with Gasteiger partial charge in [-0.1, -0.05) is 12.1 Å². The molecule has 0 aromatic heterocycles. The van der Waals surface area contributed by atoms with Crippen molar-refractivity contribution in [1.29, 1.82) is 0 Å². The molecule has 1 saturated heterocycles. The van der Waals surface area contributed by atoms with Gasteiger partial charge in [0, 0.05) is 6.42 Å². The first-order valence-corrected chi connectivity index (χ1v) is 7.35. The molecule has 1 aromatic rings. The van der Waals surface area contributed by atoms with Gasteiger partial charge >= 0.3 is 5.97 Å². The number of aliphatic carboxylic acids is 1. The number of phenols is 1. The van der Waals surface area contributed by atoms with E-state index in [0.717, 1.165) is 0 Å². The second kappa shape index (κ2) is 7.77. The number of aryl methyl sites for hydroxylation is 1. The number of carbonyl (C=O) groups is 1. The Morgan fingerprint density at radius 2 is 1.88 bits per heavy atom. The number of ether oxygens (including phenoxy) is 2. The second-order valence-electron chi connectivity index (χ2n) is 5.47. The number of aliphatic hydroxyl groups is 4. The number of aromatic hydroxyl groups is 1. The monoisotopic (exact) mass is 344 g/mol. The fourth-order valence-electron chi connectivity index (χ4n) is 2.43. The summed E-state index contributed by atoms with van der Waals surface area (Å²) in [7, 11) is 0. The van der Waals surface area contributed by atoms with Gasteiger partial charge in [0.05, 0.1) is 6.61 Å². The zero-order valence-corrected chi connectivity index (χ0v) is 12.6. The Kier molecular flexibility index (Phi) is 5.97. The fraction of sp³-hybridized carbons (Fsp3) is 0.533. The van der Waals surface area contributed by atoms with Crippen LogP contribution in [0.5, 0.6) is 11.5 Å². The summed E-state index contributed by atoms with van der Waals surface area (Å²) in [5.41, 5.74) is 0.370. The molecule has 1 aromatic carbocycles. The highest BCUT2D eigenvalue weighted by molar-refractivity contribution is 5.67. The van der Waals surface area contributed by atoms with E-state index in [1.807, 2.05) is 0 Å². The van der Waals surface area contributed by atoms with E-state index in [0.29, 0.717) is 5.56 Å². The summed E-state index contributed by atoms with van der Waals surface area (Å²) in [6.45, 7) is -0.614. The van der Waals surface area contributed by atoms with Crippen LogP contribution < -0.4 is 4.74 Å². The van der Waals surface area contributed by atoms with Crippen LogP contribution in [0.4, 0.5) is 0 Å². The topological polar surface area (TPSA) is 157 Å². The summed E-state index contributed by atoms with van der Waals surface area (Å²) in [6, 6.07) is 4.36. The average Bonchev–Trinajstić information content (AvgIpc) is 2.55. The Labute approximate surface area is 137 Å². The number of hydrogen-bond acceptors (Lipinski definition) is 8. The second-order valence-corrected chi connectivity index (χ2v) is 5.47. The lowest BCUT2D eigenvalue weighted by atomic mass is 9.99. The van der Waals surface area contributed by atoms with Crippen LogP contribution in [0.2, 0.25) is 0 Å². The molecule has 0 saturated carbocycles. The van der Waals surface area contributed by atoms with Crippen LogP contribution in [0.3, 0.4) is 0 Å². The van der Waals surface area contributed by atoms with Gasteiger partial charge in [0.15, 0.2) is 11.5 Å². The third-order valence-electron chi connectivity index (χ3n) is 3.77. The SMILES string of the molecule is O=C(O)CCc1cccc(O)c1O[C@@H]1O[C@H](CO)[C@@H](O)[C@H](O)[C@H]1O. The maximum atomic E-state index is 10.7. The van der Waals surface area contributed by atoms with Crippen LogP contribution in [0.1, 0.15) is 12.0 Å². The number of para-hydroxylation sites is 1. The Morgan fingerprint density at radius 1 is 1.17 bits per heavy atom. The van der Waals surface area contributed by atoms with Crippen molar-refractivity contribution >= 4 is 5.97 Å². The predicted molar refractivity (Wildman–Crippen MR) is 78.5 cm³/mol. The van der Waals surface area contributed by atoms with Gasteiger partial charge in [0.2, 0.25) is 6.29 Å². The summed E-state index contributed by atoms with van der Waals surface area (Å²) < 4.78 is 10.6. The molecule has 2 rings (SSSR count). The highest BCUT2D eigenvalue weighted by Crippen LogP contribution is 2.34. The molecule has 1 heterocycles. The summed E-state index contributed by atoms with van der Waals surface area (Å²) in [4.78, 5) is 10.7. The van der Waals surface area contributed by atoms with E-state index in [1.54, 1.807) is 6.07 Å². The lowest BCUT2D eigenvalue weighted by Gasteiger charge is -2.39. The Hall–Kier alpha value is -1.91. The minimum absolute atomic E-state index is 0.0660. The maximum absolute atomic E-state index is 10.7. The van der Waals surface area contributed by atoms with Crippen molar-refractivity contribution in [3.05, 3.63) is 23.8 Å². The molecule has 1 fully saturated rings. The van der Waals surface area contributed by atoms with Crippen LogP contribution in [-0.2, 0) is 16.0 Å². The van der Waals surface area contributed by atoms with Crippen molar-refractivity contribution in [2.45, 2.75) is 43.5 Å². The Balaban J connectivity index is 2.21. The number of rotatable bonds is 6. The molecule has 9 nitrogen and oxygen atoms in total. The van der Waals surface area contributed by atoms with Crippen LogP contribution in [-0.4, -0.2) is 73.9 Å². The first kappa shape index (κ1) is 18.4. The number of phenolic OH excluding ortho intramolecular Hbond substituents is 1. The molecule has 134 valence electrons. The summed E-state index contributed by atoms with van der Waals surface area (Å²) in [5.74, 6) is -1.42. The Morgan fingerprint density at radius 3 is 2.50 bits per heavy atom. The van der Waals surface area contributed by atoms with E-state index < -0.39 is 43.3 Å². The normalized spacial score (nSPS) is 30.1. The first-order chi connectivity index (χ1) is 11.3. The molecule has 0 aliphatic carbocycles. The highest BCUT2D eigenvalue weighted by Gasteiger charge is 2.45.